The molecule has 7 heteroatoms. The molecule has 0 fully saturated rings. The highest BCUT2D eigenvalue weighted by molar-refractivity contribution is 5.96. The van der Waals surface area contributed by atoms with Crippen molar-refractivity contribution < 1.29 is 9.53 Å². The van der Waals surface area contributed by atoms with Crippen molar-refractivity contribution in [3.63, 3.8) is 0 Å². The van der Waals surface area contributed by atoms with Crippen LogP contribution in [0.3, 0.4) is 0 Å². The van der Waals surface area contributed by atoms with E-state index in [2.05, 4.69) is 20.2 Å². The summed E-state index contributed by atoms with van der Waals surface area (Å²) in [5.74, 6) is 0.745. The maximum absolute atomic E-state index is 12.5. The van der Waals surface area contributed by atoms with Crippen LogP contribution in [-0.2, 0) is 11.2 Å². The number of H-pyrrole nitrogens is 2. The quantitative estimate of drug-likeness (QED) is 0.672. The average molecular weight is 352 g/mol. The van der Waals surface area contributed by atoms with Crippen molar-refractivity contribution in [3.8, 4) is 5.75 Å². The van der Waals surface area contributed by atoms with E-state index in [1.807, 2.05) is 18.2 Å². The SMILES string of the molecule is COc1ccc2c(c1)CCCN2CC(=O)Nc1ccc2[nH]c(=O)[nH]c2c1. The smallest absolute Gasteiger partial charge is 0.323 e. The van der Waals surface area contributed by atoms with E-state index in [-0.39, 0.29) is 18.1 Å². The van der Waals surface area contributed by atoms with Crippen LogP contribution in [-0.4, -0.2) is 36.1 Å². The van der Waals surface area contributed by atoms with Gasteiger partial charge in [-0.05, 0) is 54.8 Å². The number of imidazole rings is 1. The molecule has 0 spiro atoms. The van der Waals surface area contributed by atoms with E-state index in [0.717, 1.165) is 30.8 Å². The van der Waals surface area contributed by atoms with Crippen LogP contribution >= 0.6 is 0 Å². The molecule has 0 saturated heterocycles. The Kier molecular flexibility index (Phi) is 4.12. The number of hydrogen-bond acceptors (Lipinski definition) is 4. The summed E-state index contributed by atoms with van der Waals surface area (Å²) >= 11 is 0. The lowest BCUT2D eigenvalue weighted by Crippen LogP contribution is -2.36. The van der Waals surface area contributed by atoms with Crippen molar-refractivity contribution in [1.82, 2.24) is 9.97 Å². The van der Waals surface area contributed by atoms with Gasteiger partial charge in [-0.3, -0.25) is 4.79 Å². The third-order valence-electron chi connectivity index (χ3n) is 4.64. The van der Waals surface area contributed by atoms with Gasteiger partial charge in [-0.1, -0.05) is 0 Å². The molecule has 0 aliphatic carbocycles. The molecule has 134 valence electrons. The molecule has 7 nitrogen and oxygen atoms in total. The molecule has 0 unspecified atom stereocenters. The van der Waals surface area contributed by atoms with E-state index in [0.29, 0.717) is 16.7 Å². The number of amides is 1. The van der Waals surface area contributed by atoms with Crippen LogP contribution in [0.25, 0.3) is 11.0 Å². The molecule has 1 aromatic heterocycles. The third-order valence-corrected chi connectivity index (χ3v) is 4.64. The Labute approximate surface area is 150 Å². The number of carbonyl (C=O) groups excluding carboxylic acids is 1. The molecule has 0 bridgehead atoms. The molecular formula is C19H20N4O3. The van der Waals surface area contributed by atoms with Gasteiger partial charge in [-0.15, -0.1) is 0 Å². The summed E-state index contributed by atoms with van der Waals surface area (Å²) in [6, 6.07) is 11.3. The molecule has 0 saturated carbocycles. The molecule has 1 aliphatic rings. The second-order valence-corrected chi connectivity index (χ2v) is 6.41. The van der Waals surface area contributed by atoms with E-state index < -0.39 is 0 Å². The number of aromatic amines is 2. The standard InChI is InChI=1S/C19H20N4O3/c1-26-14-5-7-17-12(9-14)3-2-8-23(17)11-18(24)20-13-4-6-15-16(10-13)22-19(25)21-15/h4-7,9-10H,2-3,8,11H2,1H3,(H,20,24)(H2,21,22,25). The Bertz CT molecular complexity index is 1020. The Balaban J connectivity index is 1.49. The molecule has 1 amide bonds. The fourth-order valence-electron chi connectivity index (χ4n) is 3.43. The lowest BCUT2D eigenvalue weighted by atomic mass is 10.0. The summed E-state index contributed by atoms with van der Waals surface area (Å²) in [6.07, 6.45) is 1.99. The monoisotopic (exact) mass is 352 g/mol. The maximum atomic E-state index is 12.5. The second-order valence-electron chi connectivity index (χ2n) is 6.41. The van der Waals surface area contributed by atoms with Gasteiger partial charge >= 0.3 is 5.69 Å². The maximum Gasteiger partial charge on any atom is 0.323 e. The molecule has 2 heterocycles. The zero-order valence-corrected chi connectivity index (χ0v) is 14.5. The lowest BCUT2D eigenvalue weighted by molar-refractivity contribution is -0.115. The van der Waals surface area contributed by atoms with Crippen LogP contribution < -0.4 is 20.6 Å². The third kappa shape index (κ3) is 3.15. The number of carbonyl (C=O) groups is 1. The molecule has 3 aromatic rings. The highest BCUT2D eigenvalue weighted by atomic mass is 16.5. The molecule has 1 aliphatic heterocycles. The number of anilines is 2. The number of benzene rings is 2. The minimum absolute atomic E-state index is 0.0918. The largest absolute Gasteiger partial charge is 0.497 e. The van der Waals surface area contributed by atoms with Crippen LogP contribution in [0.4, 0.5) is 11.4 Å². The van der Waals surface area contributed by atoms with Gasteiger partial charge in [0.25, 0.3) is 0 Å². The summed E-state index contributed by atoms with van der Waals surface area (Å²) in [6.45, 7) is 1.12. The van der Waals surface area contributed by atoms with Gasteiger partial charge in [0.2, 0.25) is 5.91 Å². The van der Waals surface area contributed by atoms with Crippen molar-refractivity contribution in [2.45, 2.75) is 12.8 Å². The van der Waals surface area contributed by atoms with Gasteiger partial charge < -0.3 is 24.9 Å². The zero-order valence-electron chi connectivity index (χ0n) is 14.5. The first-order valence-electron chi connectivity index (χ1n) is 8.56. The van der Waals surface area contributed by atoms with Crippen molar-refractivity contribution in [2.24, 2.45) is 0 Å². The van der Waals surface area contributed by atoms with Gasteiger partial charge in [0, 0.05) is 17.9 Å². The lowest BCUT2D eigenvalue weighted by Gasteiger charge is -2.31. The molecule has 0 radical (unpaired) electrons. The highest BCUT2D eigenvalue weighted by Crippen LogP contribution is 2.30. The summed E-state index contributed by atoms with van der Waals surface area (Å²) < 4.78 is 5.29. The van der Waals surface area contributed by atoms with E-state index in [1.165, 1.54) is 5.56 Å². The minimum atomic E-state index is -0.260. The number of rotatable bonds is 4. The zero-order chi connectivity index (χ0) is 18.1. The molecule has 2 aromatic carbocycles. The van der Waals surface area contributed by atoms with E-state index in [1.54, 1.807) is 25.3 Å². The molecular weight excluding hydrogens is 332 g/mol. The van der Waals surface area contributed by atoms with Crippen molar-refractivity contribution in [1.29, 1.82) is 0 Å². The Hall–Kier alpha value is -3.22. The number of fused-ring (bicyclic) bond motifs is 2. The number of ether oxygens (including phenoxy) is 1. The Morgan fingerprint density at radius 2 is 2.04 bits per heavy atom. The number of hydrogen-bond donors (Lipinski definition) is 3. The fraction of sp³-hybridized carbons (Fsp3) is 0.263. The van der Waals surface area contributed by atoms with Gasteiger partial charge in [0.15, 0.2) is 0 Å². The van der Waals surface area contributed by atoms with Gasteiger partial charge in [0.1, 0.15) is 5.75 Å². The van der Waals surface area contributed by atoms with Crippen LogP contribution in [0.5, 0.6) is 5.75 Å². The fourth-order valence-corrected chi connectivity index (χ4v) is 3.43. The Morgan fingerprint density at radius 3 is 2.88 bits per heavy atom. The van der Waals surface area contributed by atoms with Crippen LogP contribution in [0.1, 0.15) is 12.0 Å². The van der Waals surface area contributed by atoms with Crippen molar-refractivity contribution in [3.05, 3.63) is 52.4 Å². The summed E-state index contributed by atoms with van der Waals surface area (Å²) in [5, 5.41) is 2.90. The van der Waals surface area contributed by atoms with Crippen LogP contribution in [0.2, 0.25) is 0 Å². The minimum Gasteiger partial charge on any atom is -0.497 e. The Morgan fingerprint density at radius 1 is 1.19 bits per heavy atom. The predicted molar refractivity (Wildman–Crippen MR) is 101 cm³/mol. The first kappa shape index (κ1) is 16.3. The summed E-state index contributed by atoms with van der Waals surface area (Å²) in [5.41, 5.74) is 4.07. The molecule has 26 heavy (non-hydrogen) atoms. The normalized spacial score (nSPS) is 13.5. The first-order chi connectivity index (χ1) is 12.6. The number of nitrogens with one attached hydrogen (secondary N) is 3. The molecule has 3 N–H and O–H groups in total. The summed E-state index contributed by atoms with van der Waals surface area (Å²) in [7, 11) is 1.66. The summed E-state index contributed by atoms with van der Waals surface area (Å²) in [4.78, 5) is 31.3. The highest BCUT2D eigenvalue weighted by Gasteiger charge is 2.19. The van der Waals surface area contributed by atoms with Crippen LogP contribution in [0, 0.1) is 0 Å². The predicted octanol–water partition coefficient (Wildman–Crippen LogP) is 2.26. The van der Waals surface area contributed by atoms with Crippen molar-refractivity contribution in [2.75, 3.05) is 30.4 Å². The van der Waals surface area contributed by atoms with E-state index in [4.69, 9.17) is 4.74 Å². The van der Waals surface area contributed by atoms with Crippen LogP contribution in [0.15, 0.2) is 41.2 Å². The number of methoxy groups -OCH3 is 1. The number of aromatic nitrogens is 2. The molecule has 4 rings (SSSR count). The molecule has 0 atom stereocenters. The average Bonchev–Trinajstić information content (AvgIpc) is 3.00. The van der Waals surface area contributed by atoms with E-state index in [9.17, 15) is 9.59 Å². The van der Waals surface area contributed by atoms with Gasteiger partial charge in [0.05, 0.1) is 24.7 Å². The van der Waals surface area contributed by atoms with E-state index >= 15 is 0 Å². The topological polar surface area (TPSA) is 90.2 Å². The van der Waals surface area contributed by atoms with Gasteiger partial charge in [-0.25, -0.2) is 4.79 Å². The van der Waals surface area contributed by atoms with Crippen molar-refractivity contribution >= 4 is 28.3 Å². The van der Waals surface area contributed by atoms with Gasteiger partial charge in [-0.2, -0.15) is 0 Å². The first-order valence-corrected chi connectivity index (χ1v) is 8.56. The second kappa shape index (κ2) is 6.59. The number of aryl methyl sites for hydroxylation is 1. The number of nitrogens with zero attached hydrogens (tertiary/aromatic N) is 1.